The Bertz CT molecular complexity index is 838. The molecule has 0 saturated heterocycles. The second kappa shape index (κ2) is 8.56. The number of carbonyl (C=O) groups is 1. The predicted octanol–water partition coefficient (Wildman–Crippen LogP) is 5.11. The number of hydrogen-bond donors (Lipinski definition) is 1. The highest BCUT2D eigenvalue weighted by Gasteiger charge is 2.07. The van der Waals surface area contributed by atoms with E-state index in [1.165, 1.54) is 10.8 Å². The Morgan fingerprint density at radius 1 is 1.08 bits per heavy atom. The van der Waals surface area contributed by atoms with Crippen LogP contribution in [0.4, 0.5) is 0 Å². The highest BCUT2D eigenvalue weighted by atomic mass is 16.1. The van der Waals surface area contributed by atoms with Gasteiger partial charge in [-0.1, -0.05) is 56.2 Å². The molecule has 4 heteroatoms. The van der Waals surface area contributed by atoms with Crippen molar-refractivity contribution in [2.24, 2.45) is 0 Å². The summed E-state index contributed by atoms with van der Waals surface area (Å²) in [7, 11) is 0. The largest absolute Gasteiger partial charge is 0.300 e. The Morgan fingerprint density at radius 3 is 2.76 bits per heavy atom. The summed E-state index contributed by atoms with van der Waals surface area (Å²) < 4.78 is 0. The minimum absolute atomic E-state index is 0.360. The van der Waals surface area contributed by atoms with E-state index in [1.54, 1.807) is 0 Å². The molecular formula is C21H24N3O. The Balaban J connectivity index is 1.51. The molecule has 1 radical (unpaired) electrons. The molecule has 0 amide bonds. The molecule has 0 atom stereocenters. The number of fused-ring (bicyclic) bond motifs is 1. The number of nitrogens with zero attached hydrogens (tertiary/aromatic N) is 2. The molecule has 0 bridgehead atoms. The maximum atomic E-state index is 11.3. The Labute approximate surface area is 148 Å². The van der Waals surface area contributed by atoms with E-state index in [-0.39, 0.29) is 0 Å². The van der Waals surface area contributed by atoms with E-state index in [0.29, 0.717) is 18.6 Å². The quantitative estimate of drug-likeness (QED) is 0.553. The van der Waals surface area contributed by atoms with Crippen LogP contribution in [0.2, 0.25) is 0 Å². The van der Waals surface area contributed by atoms with E-state index >= 15 is 0 Å². The predicted molar refractivity (Wildman–Crippen MR) is 101 cm³/mol. The van der Waals surface area contributed by atoms with Gasteiger partial charge in [-0.3, -0.25) is 9.89 Å². The third-order valence-corrected chi connectivity index (χ3v) is 4.40. The molecule has 1 aromatic heterocycles. The molecule has 1 heterocycles. The van der Waals surface area contributed by atoms with Crippen molar-refractivity contribution < 1.29 is 4.79 Å². The first-order valence-electron chi connectivity index (χ1n) is 9.03. The lowest BCUT2D eigenvalue weighted by atomic mass is 10.1. The second-order valence-corrected chi connectivity index (χ2v) is 6.30. The highest BCUT2D eigenvalue weighted by molar-refractivity contribution is 5.86. The van der Waals surface area contributed by atoms with E-state index in [2.05, 4.69) is 51.9 Å². The summed E-state index contributed by atoms with van der Waals surface area (Å²) in [5.74, 6) is 1.90. The molecule has 3 aromatic rings. The van der Waals surface area contributed by atoms with Crippen molar-refractivity contribution in [2.75, 3.05) is 0 Å². The van der Waals surface area contributed by atoms with E-state index in [4.69, 9.17) is 0 Å². The lowest BCUT2D eigenvalue weighted by molar-refractivity contribution is -0.118. The normalized spacial score (nSPS) is 11.1. The van der Waals surface area contributed by atoms with Crippen LogP contribution in [0.3, 0.4) is 0 Å². The molecule has 25 heavy (non-hydrogen) atoms. The number of carbonyl (C=O) groups excluding carboxylic acids is 1. The van der Waals surface area contributed by atoms with Crippen LogP contribution in [-0.4, -0.2) is 21.0 Å². The van der Waals surface area contributed by atoms with Crippen molar-refractivity contribution in [3.8, 4) is 11.4 Å². The topological polar surface area (TPSA) is 58.6 Å². The van der Waals surface area contributed by atoms with Gasteiger partial charge in [-0.15, -0.1) is 0 Å². The summed E-state index contributed by atoms with van der Waals surface area (Å²) in [4.78, 5) is 15.8. The first-order chi connectivity index (χ1) is 12.3. The molecule has 2 aromatic carbocycles. The van der Waals surface area contributed by atoms with Gasteiger partial charge in [-0.25, -0.2) is 4.98 Å². The summed E-state index contributed by atoms with van der Waals surface area (Å²) in [5, 5.41) is 9.74. The summed E-state index contributed by atoms with van der Waals surface area (Å²) in [6.45, 7) is 1.92. The monoisotopic (exact) mass is 334 g/mol. The van der Waals surface area contributed by atoms with Crippen LogP contribution in [0.15, 0.2) is 42.5 Å². The number of benzene rings is 2. The zero-order chi connectivity index (χ0) is 17.5. The second-order valence-electron chi connectivity index (χ2n) is 6.30. The van der Waals surface area contributed by atoms with E-state index in [9.17, 15) is 4.79 Å². The molecule has 0 aliphatic heterocycles. The van der Waals surface area contributed by atoms with Gasteiger partial charge in [-0.2, -0.15) is 5.10 Å². The summed E-state index contributed by atoms with van der Waals surface area (Å²) in [5.41, 5.74) is 1.02. The number of unbranched alkanes of at least 4 members (excludes halogenated alkanes) is 3. The van der Waals surface area contributed by atoms with Gasteiger partial charge in [0.25, 0.3) is 0 Å². The number of H-pyrrole nitrogens is 1. The Morgan fingerprint density at radius 2 is 1.92 bits per heavy atom. The zero-order valence-corrected chi connectivity index (χ0v) is 14.7. The molecule has 0 aliphatic rings. The summed E-state index contributed by atoms with van der Waals surface area (Å²) in [6, 6.07) is 14.6. The number of aromatic amines is 1. The van der Waals surface area contributed by atoms with Gasteiger partial charge in [0.1, 0.15) is 11.6 Å². The lowest BCUT2D eigenvalue weighted by Crippen LogP contribution is -1.94. The Kier molecular flexibility index (Phi) is 5.94. The molecular weight excluding hydrogens is 310 g/mol. The molecule has 4 nitrogen and oxygen atoms in total. The van der Waals surface area contributed by atoms with Crippen molar-refractivity contribution in [1.29, 1.82) is 0 Å². The van der Waals surface area contributed by atoms with Crippen LogP contribution in [0.25, 0.3) is 22.2 Å². The third kappa shape index (κ3) is 4.75. The van der Waals surface area contributed by atoms with Crippen molar-refractivity contribution in [3.05, 3.63) is 54.7 Å². The number of hydrogen-bond acceptors (Lipinski definition) is 3. The molecule has 129 valence electrons. The van der Waals surface area contributed by atoms with Crippen LogP contribution >= 0.6 is 0 Å². The average molecular weight is 334 g/mol. The molecule has 0 saturated carbocycles. The highest BCUT2D eigenvalue weighted by Crippen LogP contribution is 2.22. The average Bonchev–Trinajstić information content (AvgIpc) is 3.12. The Hall–Kier alpha value is -2.49. The van der Waals surface area contributed by atoms with Gasteiger partial charge >= 0.3 is 0 Å². The minimum Gasteiger partial charge on any atom is -0.300 e. The van der Waals surface area contributed by atoms with Gasteiger partial charge < -0.3 is 0 Å². The van der Waals surface area contributed by atoms with Crippen molar-refractivity contribution >= 4 is 16.6 Å². The molecule has 0 spiro atoms. The summed E-state index contributed by atoms with van der Waals surface area (Å²) in [6.07, 6.45) is 7.54. The van der Waals surface area contributed by atoms with Crippen LogP contribution in [0, 0.1) is 6.42 Å². The third-order valence-electron chi connectivity index (χ3n) is 4.40. The SMILES string of the molecule is CCC(=O)CCCCC[CH]c1nc(-c2ccc3ccccc3c2)n[nH]1. The van der Waals surface area contributed by atoms with E-state index in [1.807, 2.05) is 19.1 Å². The molecule has 0 aliphatic carbocycles. The number of nitrogens with one attached hydrogen (secondary N) is 1. The molecule has 0 unspecified atom stereocenters. The fourth-order valence-electron chi connectivity index (χ4n) is 2.88. The smallest absolute Gasteiger partial charge is 0.181 e. The van der Waals surface area contributed by atoms with Crippen molar-refractivity contribution in [1.82, 2.24) is 15.2 Å². The van der Waals surface area contributed by atoms with Crippen LogP contribution in [-0.2, 0) is 4.79 Å². The molecule has 3 rings (SSSR count). The molecule has 0 fully saturated rings. The molecule has 1 N–H and O–H groups in total. The van der Waals surface area contributed by atoms with Crippen molar-refractivity contribution in [2.45, 2.75) is 45.4 Å². The standard InChI is InChI=1S/C21H24N3O/c1-2-19(25)11-5-3-4-6-12-20-22-21(24-23-20)18-14-13-16-9-7-8-10-17(16)15-18/h7-10,12-15H,2-6,11H2,1H3,(H,22,23,24). The van der Waals surface area contributed by atoms with Crippen LogP contribution in [0.1, 0.15) is 51.3 Å². The maximum absolute atomic E-state index is 11.3. The minimum atomic E-state index is 0.360. The van der Waals surface area contributed by atoms with Gasteiger partial charge in [0.05, 0.1) is 0 Å². The van der Waals surface area contributed by atoms with Gasteiger partial charge in [0.2, 0.25) is 0 Å². The number of rotatable bonds is 9. The first-order valence-corrected chi connectivity index (χ1v) is 9.03. The zero-order valence-electron chi connectivity index (χ0n) is 14.7. The summed E-state index contributed by atoms with van der Waals surface area (Å²) >= 11 is 0. The van der Waals surface area contributed by atoms with E-state index in [0.717, 1.165) is 42.9 Å². The van der Waals surface area contributed by atoms with Gasteiger partial charge in [0.15, 0.2) is 5.82 Å². The van der Waals surface area contributed by atoms with Gasteiger partial charge in [0, 0.05) is 24.8 Å². The first kappa shape index (κ1) is 17.3. The number of Topliss-reactive ketones (excluding diaryl/α,β-unsaturated/α-hetero) is 1. The maximum Gasteiger partial charge on any atom is 0.181 e. The number of ketones is 1. The van der Waals surface area contributed by atoms with Gasteiger partial charge in [-0.05, 0) is 29.7 Å². The van der Waals surface area contributed by atoms with Crippen LogP contribution in [0.5, 0.6) is 0 Å². The van der Waals surface area contributed by atoms with Crippen molar-refractivity contribution in [3.63, 3.8) is 0 Å². The van der Waals surface area contributed by atoms with E-state index < -0.39 is 0 Å². The fraction of sp³-hybridized carbons (Fsp3) is 0.333. The lowest BCUT2D eigenvalue weighted by Gasteiger charge is -2.00. The fourth-order valence-corrected chi connectivity index (χ4v) is 2.88. The number of aromatic nitrogens is 3. The van der Waals surface area contributed by atoms with Crippen LogP contribution < -0.4 is 0 Å².